The van der Waals surface area contributed by atoms with E-state index in [1.54, 1.807) is 0 Å². The van der Waals surface area contributed by atoms with Crippen LogP contribution in [0.4, 0.5) is 0 Å². The minimum absolute atomic E-state index is 0.0194. The quantitative estimate of drug-likeness (QED) is 0.0765. The van der Waals surface area contributed by atoms with Gasteiger partial charge in [0.25, 0.3) is 0 Å². The summed E-state index contributed by atoms with van der Waals surface area (Å²) in [7, 11) is 0. The van der Waals surface area contributed by atoms with Crippen molar-refractivity contribution in [3.05, 3.63) is 259 Å². The molecule has 1 aliphatic heterocycles. The standard InChI is InChI=1S/C80H82N4O4/c1-14-49-47-83-75(53-19-29-58(30-20-53)77(6,7)8)85-72(49)50-21-34-61(35-22-50)87-80(88-62-36-23-52(24-37-62)74(82)86-73(81)51-17-27-57(28-18-51)76(3,4)5)68-42-54(25-38-63(68)66-41-56-46-79(12,13)67(56)45-69(66)80)55-26-39-64-65-40-31-59(78(9,10)11)44-71(65)84(70(64)43-55)60-32-15-48(2)16-33-60/h15-23,25-36,39-45,63,81-82H,14,24,37-38,46-47H2,1-13H3. The number of nitrogens with one attached hydrogen (secondary N) is 2. The number of nitrogens with zero attached hydrogens (tertiary/aromatic N) is 2. The van der Waals surface area contributed by atoms with Gasteiger partial charge < -0.3 is 23.5 Å². The highest BCUT2D eigenvalue weighted by Gasteiger charge is 2.55. The van der Waals surface area contributed by atoms with Crippen LogP contribution in [-0.4, -0.2) is 28.8 Å². The molecule has 0 saturated heterocycles. The van der Waals surface area contributed by atoms with Gasteiger partial charge in [-0.05, 0) is 195 Å². The van der Waals surface area contributed by atoms with Gasteiger partial charge in [0.15, 0.2) is 0 Å². The van der Waals surface area contributed by atoms with Crippen molar-refractivity contribution in [3.8, 4) is 11.4 Å². The lowest BCUT2D eigenvalue weighted by Gasteiger charge is -2.40. The first-order chi connectivity index (χ1) is 41.8. The number of rotatable bonds is 11. The third-order valence-electron chi connectivity index (χ3n) is 18.9. The average molecular weight is 1160 g/mol. The Morgan fingerprint density at radius 2 is 1.27 bits per heavy atom. The maximum Gasteiger partial charge on any atom is 0.302 e. The Morgan fingerprint density at radius 1 is 0.648 bits per heavy atom. The van der Waals surface area contributed by atoms with Gasteiger partial charge in [0.2, 0.25) is 17.7 Å². The first kappa shape index (κ1) is 58.3. The normalized spacial score (nSPS) is 18.8. The van der Waals surface area contributed by atoms with Gasteiger partial charge in [-0.25, -0.2) is 4.99 Å². The van der Waals surface area contributed by atoms with E-state index >= 15 is 0 Å². The van der Waals surface area contributed by atoms with Crippen molar-refractivity contribution in [1.29, 1.82) is 10.8 Å². The number of hydrogen-bond donors (Lipinski definition) is 2. The zero-order valence-corrected chi connectivity index (χ0v) is 53.5. The number of aliphatic imine (C=N–C) groups is 1. The molecule has 2 heterocycles. The summed E-state index contributed by atoms with van der Waals surface area (Å²) in [5.41, 5.74) is 21.0. The fraction of sp³-hybridized carbons (Fsp3) is 0.312. The van der Waals surface area contributed by atoms with Crippen LogP contribution in [-0.2, 0) is 48.1 Å². The van der Waals surface area contributed by atoms with Crippen molar-refractivity contribution >= 4 is 50.8 Å². The Bertz CT molecular complexity index is 4370. The lowest BCUT2D eigenvalue weighted by molar-refractivity contribution is -0.133. The average Bonchev–Trinajstić information content (AvgIpc) is 1.54. The summed E-state index contributed by atoms with van der Waals surface area (Å²) in [6, 6.07) is 52.5. The molecule has 0 spiro atoms. The highest BCUT2D eigenvalue weighted by molar-refractivity contribution is 6.10. The van der Waals surface area contributed by atoms with Crippen molar-refractivity contribution in [2.24, 2.45) is 4.99 Å². The second-order valence-electron chi connectivity index (χ2n) is 28.7. The predicted molar refractivity (Wildman–Crippen MR) is 362 cm³/mol. The van der Waals surface area contributed by atoms with Gasteiger partial charge in [0, 0.05) is 62.2 Å². The van der Waals surface area contributed by atoms with E-state index < -0.39 is 5.79 Å². The number of hydrogen-bond acceptors (Lipinski definition) is 7. The second kappa shape index (κ2) is 21.5. The Kier molecular flexibility index (Phi) is 14.3. The Hall–Kier alpha value is -8.75. The molecule has 2 N–H and O–H groups in total. The SMILES string of the molecule is CCC1=C(c2ccc(OC3(OC4=CC=C(C(=N)OC(=N)c5ccc(C(C)(C)C)cc5)CC4)C4=CC(c5ccc6c7ccc(C(C)(C)C)cc7n(-c7ccc(C)cc7)c6c5)=CCC4c4cc5c(cc43)C(C)(C)C5)cc2)OC(c2ccc(C(C)(C)C)cc2)=NC1. The van der Waals surface area contributed by atoms with Crippen molar-refractivity contribution in [1.82, 2.24) is 4.57 Å². The fourth-order valence-electron chi connectivity index (χ4n) is 13.5. The van der Waals surface area contributed by atoms with E-state index in [-0.39, 0.29) is 39.4 Å². The first-order valence-corrected chi connectivity index (χ1v) is 31.5. The molecule has 8 aromatic rings. The third-order valence-corrected chi connectivity index (χ3v) is 18.9. The molecule has 0 amide bonds. The second-order valence-corrected chi connectivity index (χ2v) is 28.7. The van der Waals surface area contributed by atoms with Gasteiger partial charge in [-0.3, -0.25) is 10.8 Å². The molecule has 1 aromatic heterocycles. The summed E-state index contributed by atoms with van der Waals surface area (Å²) < 4.78 is 30.7. The number of fused-ring (bicyclic) bond motifs is 7. The van der Waals surface area contributed by atoms with Crippen LogP contribution in [0.15, 0.2) is 197 Å². The van der Waals surface area contributed by atoms with E-state index in [4.69, 9.17) is 34.8 Å². The largest absolute Gasteiger partial charge is 0.449 e. The lowest BCUT2D eigenvalue weighted by Crippen LogP contribution is -2.38. The molecule has 0 fully saturated rings. The van der Waals surface area contributed by atoms with Crippen LogP contribution < -0.4 is 4.74 Å². The van der Waals surface area contributed by atoms with Crippen molar-refractivity contribution < 1.29 is 18.9 Å². The summed E-state index contributed by atoms with van der Waals surface area (Å²) in [5.74, 6) is 1.34. The molecule has 13 rings (SSSR count). The molecule has 7 aromatic carbocycles. The highest BCUT2D eigenvalue weighted by atomic mass is 16.7. The Balaban J connectivity index is 0.910. The zero-order valence-electron chi connectivity index (χ0n) is 53.5. The minimum Gasteiger partial charge on any atom is -0.449 e. The Morgan fingerprint density at radius 3 is 1.91 bits per heavy atom. The van der Waals surface area contributed by atoms with E-state index in [1.165, 1.54) is 55.2 Å². The lowest BCUT2D eigenvalue weighted by atomic mass is 9.65. The van der Waals surface area contributed by atoms with Gasteiger partial charge in [-0.2, -0.15) is 0 Å². The smallest absolute Gasteiger partial charge is 0.302 e. The third kappa shape index (κ3) is 10.6. The topological polar surface area (TPSA) is 102 Å². The molecule has 0 radical (unpaired) electrons. The maximum absolute atomic E-state index is 9.11. The van der Waals surface area contributed by atoms with Crippen LogP contribution in [0.5, 0.6) is 5.75 Å². The molecular weight excluding hydrogens is 1080 g/mol. The monoisotopic (exact) mass is 1160 g/mol. The number of allylic oxidation sites excluding steroid dienone is 6. The van der Waals surface area contributed by atoms with E-state index in [0.717, 1.165) is 81.0 Å². The zero-order chi connectivity index (χ0) is 61.8. The molecule has 8 heteroatoms. The fourth-order valence-corrected chi connectivity index (χ4v) is 13.5. The molecule has 446 valence electrons. The van der Waals surface area contributed by atoms with E-state index in [1.807, 2.05) is 36.4 Å². The molecule has 5 aliphatic rings. The van der Waals surface area contributed by atoms with Crippen LogP contribution in [0.1, 0.15) is 181 Å². The van der Waals surface area contributed by atoms with Crippen LogP contribution in [0.3, 0.4) is 0 Å². The first-order valence-electron chi connectivity index (χ1n) is 31.5. The van der Waals surface area contributed by atoms with Crippen LogP contribution >= 0.6 is 0 Å². The highest BCUT2D eigenvalue weighted by Crippen LogP contribution is 2.59. The van der Waals surface area contributed by atoms with Gasteiger partial charge in [-0.15, -0.1) is 0 Å². The molecule has 8 nitrogen and oxygen atoms in total. The molecule has 88 heavy (non-hydrogen) atoms. The molecule has 0 bridgehead atoms. The van der Waals surface area contributed by atoms with E-state index in [2.05, 4.69) is 228 Å². The van der Waals surface area contributed by atoms with Crippen molar-refractivity contribution in [2.45, 2.75) is 155 Å². The van der Waals surface area contributed by atoms with Crippen LogP contribution in [0, 0.1) is 17.7 Å². The van der Waals surface area contributed by atoms with Gasteiger partial charge in [0.1, 0.15) is 17.3 Å². The number of aryl methyl sites for hydroxylation is 1. The molecule has 2 atom stereocenters. The van der Waals surface area contributed by atoms with Gasteiger partial charge >= 0.3 is 5.79 Å². The molecule has 4 aliphatic carbocycles. The summed E-state index contributed by atoms with van der Waals surface area (Å²) in [6.45, 7) is 29.6. The van der Waals surface area contributed by atoms with E-state index in [9.17, 15) is 0 Å². The number of ether oxygens (including phenoxy) is 4. The summed E-state index contributed by atoms with van der Waals surface area (Å²) in [6.07, 6.45) is 12.2. The van der Waals surface area contributed by atoms with Gasteiger partial charge in [-0.1, -0.05) is 168 Å². The molecule has 0 saturated carbocycles. The summed E-state index contributed by atoms with van der Waals surface area (Å²) >= 11 is 0. The molecule has 2 unspecified atom stereocenters. The van der Waals surface area contributed by atoms with E-state index in [0.29, 0.717) is 42.2 Å². The van der Waals surface area contributed by atoms with Gasteiger partial charge in [0.05, 0.1) is 17.6 Å². The summed E-state index contributed by atoms with van der Waals surface area (Å²) in [4.78, 5) is 4.94. The summed E-state index contributed by atoms with van der Waals surface area (Å²) in [5, 5.41) is 20.4. The number of aromatic nitrogens is 1. The van der Waals surface area contributed by atoms with Crippen molar-refractivity contribution in [3.63, 3.8) is 0 Å². The number of benzene rings is 7. The minimum atomic E-state index is -1.39. The maximum atomic E-state index is 9.11. The predicted octanol–water partition coefficient (Wildman–Crippen LogP) is 19.8. The Labute approximate surface area is 520 Å². The molecular formula is C80H82N4O4. The van der Waals surface area contributed by atoms with Crippen LogP contribution in [0.2, 0.25) is 0 Å². The van der Waals surface area contributed by atoms with Crippen molar-refractivity contribution in [2.75, 3.05) is 6.54 Å². The van der Waals surface area contributed by atoms with Crippen LogP contribution in [0.25, 0.3) is 38.8 Å².